The minimum Gasteiger partial charge on any atom is -0.481 e. The predicted molar refractivity (Wildman–Crippen MR) is 128 cm³/mol. The first-order valence-electron chi connectivity index (χ1n) is 12.3. The molecule has 1 aliphatic carbocycles. The smallest absolute Gasteiger partial charge is 0.407 e. The summed E-state index contributed by atoms with van der Waals surface area (Å²) in [6.07, 6.45) is 0.888. The summed E-state index contributed by atoms with van der Waals surface area (Å²) in [5, 5.41) is 12.0. The van der Waals surface area contributed by atoms with Gasteiger partial charge in [-0.3, -0.25) is 9.59 Å². The van der Waals surface area contributed by atoms with E-state index >= 15 is 0 Å². The molecule has 0 aromatic heterocycles. The van der Waals surface area contributed by atoms with Crippen molar-refractivity contribution in [2.45, 2.75) is 43.7 Å². The SMILES string of the molecule is O=C(O)CC1CCCN1C(=O)C1OCCC1CNC(=O)OCC1c2ccccc2-c2ccccc21. The van der Waals surface area contributed by atoms with Crippen molar-refractivity contribution in [2.24, 2.45) is 5.92 Å². The number of hydrogen-bond donors (Lipinski definition) is 2. The Morgan fingerprint density at radius 3 is 2.40 bits per heavy atom. The number of carboxylic acids is 1. The fourth-order valence-electron chi connectivity index (χ4n) is 5.68. The zero-order valence-electron chi connectivity index (χ0n) is 19.5. The van der Waals surface area contributed by atoms with E-state index in [1.807, 2.05) is 24.3 Å². The van der Waals surface area contributed by atoms with Crippen LogP contribution in [0.3, 0.4) is 0 Å². The van der Waals surface area contributed by atoms with Crippen molar-refractivity contribution < 1.29 is 29.0 Å². The van der Waals surface area contributed by atoms with Gasteiger partial charge in [0.1, 0.15) is 12.7 Å². The average molecular weight is 479 g/mol. The number of carbonyl (C=O) groups is 3. The number of likely N-dealkylation sites (tertiary alicyclic amines) is 1. The Hall–Kier alpha value is -3.39. The minimum absolute atomic E-state index is 0.0152. The van der Waals surface area contributed by atoms with Gasteiger partial charge in [0.25, 0.3) is 5.91 Å². The monoisotopic (exact) mass is 478 g/mol. The van der Waals surface area contributed by atoms with Crippen LogP contribution in [-0.2, 0) is 19.1 Å². The van der Waals surface area contributed by atoms with Crippen LogP contribution in [0.2, 0.25) is 0 Å². The molecule has 3 atom stereocenters. The summed E-state index contributed by atoms with van der Waals surface area (Å²) >= 11 is 0. The lowest BCUT2D eigenvalue weighted by molar-refractivity contribution is -0.145. The summed E-state index contributed by atoms with van der Waals surface area (Å²) in [6.45, 7) is 1.48. The maximum Gasteiger partial charge on any atom is 0.407 e. The Balaban J connectivity index is 1.16. The van der Waals surface area contributed by atoms with Crippen LogP contribution in [0.25, 0.3) is 11.1 Å². The minimum atomic E-state index is -0.907. The van der Waals surface area contributed by atoms with Gasteiger partial charge >= 0.3 is 12.1 Å². The summed E-state index contributed by atoms with van der Waals surface area (Å²) < 4.78 is 11.3. The Morgan fingerprint density at radius 1 is 1.03 bits per heavy atom. The molecule has 2 aromatic rings. The molecule has 2 N–H and O–H groups in total. The molecule has 2 saturated heterocycles. The second kappa shape index (κ2) is 10.1. The lowest BCUT2D eigenvalue weighted by Gasteiger charge is -2.28. The maximum absolute atomic E-state index is 13.1. The van der Waals surface area contributed by atoms with Crippen LogP contribution < -0.4 is 5.32 Å². The predicted octanol–water partition coefficient (Wildman–Crippen LogP) is 3.40. The molecule has 8 nitrogen and oxygen atoms in total. The van der Waals surface area contributed by atoms with Crippen molar-refractivity contribution in [1.82, 2.24) is 10.2 Å². The van der Waals surface area contributed by atoms with Crippen molar-refractivity contribution in [2.75, 3.05) is 26.3 Å². The number of ether oxygens (including phenoxy) is 2. The van der Waals surface area contributed by atoms with E-state index in [1.165, 1.54) is 11.1 Å². The van der Waals surface area contributed by atoms with Crippen molar-refractivity contribution in [3.8, 4) is 11.1 Å². The molecule has 2 aromatic carbocycles. The number of rotatable bonds is 7. The molecule has 2 fully saturated rings. The number of amides is 2. The molecule has 2 amide bonds. The first-order chi connectivity index (χ1) is 17.0. The number of carboxylic acid groups (broad SMARTS) is 1. The topological polar surface area (TPSA) is 105 Å². The zero-order valence-corrected chi connectivity index (χ0v) is 19.5. The number of benzene rings is 2. The number of nitrogens with one attached hydrogen (secondary N) is 1. The van der Waals surface area contributed by atoms with Gasteiger partial charge in [0.15, 0.2) is 0 Å². The zero-order chi connectivity index (χ0) is 24.4. The Bertz CT molecular complexity index is 1070. The number of nitrogens with zero attached hydrogens (tertiary/aromatic N) is 1. The van der Waals surface area contributed by atoms with Gasteiger partial charge in [0.05, 0.1) is 6.42 Å². The summed E-state index contributed by atoms with van der Waals surface area (Å²) in [4.78, 5) is 38.4. The van der Waals surface area contributed by atoms with Crippen LogP contribution in [0.5, 0.6) is 0 Å². The second-order valence-corrected chi connectivity index (χ2v) is 9.47. The lowest BCUT2D eigenvalue weighted by Crippen LogP contribution is -2.46. The summed E-state index contributed by atoms with van der Waals surface area (Å²) in [6, 6.07) is 16.1. The summed E-state index contributed by atoms with van der Waals surface area (Å²) in [7, 11) is 0. The lowest BCUT2D eigenvalue weighted by atomic mass is 9.98. The number of hydrogen-bond acceptors (Lipinski definition) is 5. The molecule has 0 saturated carbocycles. The van der Waals surface area contributed by atoms with Crippen LogP contribution in [0.4, 0.5) is 4.79 Å². The van der Waals surface area contributed by atoms with E-state index in [2.05, 4.69) is 29.6 Å². The molecule has 3 aliphatic rings. The molecule has 0 bridgehead atoms. The van der Waals surface area contributed by atoms with Crippen LogP contribution in [0, 0.1) is 5.92 Å². The second-order valence-electron chi connectivity index (χ2n) is 9.47. The molecular weight excluding hydrogens is 448 g/mol. The van der Waals surface area contributed by atoms with Crippen molar-refractivity contribution in [3.05, 3.63) is 59.7 Å². The molecule has 8 heteroatoms. The van der Waals surface area contributed by atoms with Crippen LogP contribution >= 0.6 is 0 Å². The van der Waals surface area contributed by atoms with Crippen molar-refractivity contribution in [1.29, 1.82) is 0 Å². The highest BCUT2D eigenvalue weighted by molar-refractivity contribution is 5.83. The van der Waals surface area contributed by atoms with Gasteiger partial charge in [0.2, 0.25) is 0 Å². The van der Waals surface area contributed by atoms with Crippen molar-refractivity contribution >= 4 is 18.0 Å². The van der Waals surface area contributed by atoms with Gasteiger partial charge in [0, 0.05) is 37.6 Å². The van der Waals surface area contributed by atoms with E-state index < -0.39 is 18.2 Å². The molecule has 0 radical (unpaired) electrons. The van der Waals surface area contributed by atoms with Crippen LogP contribution in [0.1, 0.15) is 42.7 Å². The molecule has 5 rings (SSSR count). The van der Waals surface area contributed by atoms with E-state index in [0.29, 0.717) is 26.0 Å². The third kappa shape index (κ3) is 4.75. The first-order valence-corrected chi connectivity index (χ1v) is 12.3. The number of carbonyl (C=O) groups excluding carboxylic acids is 2. The Labute approximate surface area is 204 Å². The number of aliphatic carboxylic acids is 1. The highest BCUT2D eigenvalue weighted by atomic mass is 16.5. The number of fused-ring (bicyclic) bond motifs is 3. The van der Waals surface area contributed by atoms with Gasteiger partial charge < -0.3 is 24.8 Å². The fourth-order valence-corrected chi connectivity index (χ4v) is 5.68. The van der Waals surface area contributed by atoms with E-state index in [-0.39, 0.29) is 43.4 Å². The summed E-state index contributed by atoms with van der Waals surface area (Å²) in [5.41, 5.74) is 4.64. The largest absolute Gasteiger partial charge is 0.481 e. The number of alkyl carbamates (subject to hydrolysis) is 1. The Kier molecular flexibility index (Phi) is 6.72. The molecule has 2 aliphatic heterocycles. The molecule has 0 spiro atoms. The van der Waals surface area contributed by atoms with Gasteiger partial charge in [-0.2, -0.15) is 0 Å². The molecule has 3 unspecified atom stereocenters. The normalized spacial score (nSPS) is 23.1. The van der Waals surface area contributed by atoms with Gasteiger partial charge in [-0.1, -0.05) is 48.5 Å². The summed E-state index contributed by atoms with van der Waals surface area (Å²) in [5.74, 6) is -1.27. The molecule has 35 heavy (non-hydrogen) atoms. The quantitative estimate of drug-likeness (QED) is 0.632. The van der Waals surface area contributed by atoms with E-state index in [4.69, 9.17) is 14.6 Å². The van der Waals surface area contributed by atoms with Crippen molar-refractivity contribution in [3.63, 3.8) is 0 Å². The molecule has 184 valence electrons. The highest BCUT2D eigenvalue weighted by Crippen LogP contribution is 2.44. The molecular formula is C27H30N2O6. The van der Waals surface area contributed by atoms with Gasteiger partial charge in [-0.05, 0) is 41.5 Å². The average Bonchev–Trinajstić information content (AvgIpc) is 3.58. The Morgan fingerprint density at radius 2 is 1.71 bits per heavy atom. The maximum atomic E-state index is 13.1. The van der Waals surface area contributed by atoms with Gasteiger partial charge in [-0.15, -0.1) is 0 Å². The fraction of sp³-hybridized carbons (Fsp3) is 0.444. The van der Waals surface area contributed by atoms with Crippen LogP contribution in [-0.4, -0.2) is 66.4 Å². The first kappa shape index (κ1) is 23.4. The standard InChI is InChI=1S/C27H30N2O6/c30-24(31)14-18-6-5-12-29(18)26(32)25-17(11-13-34-25)15-28-27(33)35-16-23-21-9-3-1-7-19(21)20-8-2-4-10-22(20)23/h1-4,7-10,17-18,23,25H,5-6,11-16H2,(H,28,33)(H,30,31). The van der Waals surface area contributed by atoms with Crippen LogP contribution in [0.15, 0.2) is 48.5 Å². The highest BCUT2D eigenvalue weighted by Gasteiger charge is 2.41. The third-order valence-corrected chi connectivity index (χ3v) is 7.38. The van der Waals surface area contributed by atoms with Gasteiger partial charge in [-0.25, -0.2) is 4.79 Å². The third-order valence-electron chi connectivity index (χ3n) is 7.38. The van der Waals surface area contributed by atoms with E-state index in [0.717, 1.165) is 17.5 Å². The van der Waals surface area contributed by atoms with E-state index in [1.54, 1.807) is 4.90 Å². The van der Waals surface area contributed by atoms with E-state index in [9.17, 15) is 14.4 Å². The molecule has 2 heterocycles.